The number of hydrogen-bond acceptors (Lipinski definition) is 3. The lowest BCUT2D eigenvalue weighted by Crippen LogP contribution is -2.30. The first-order chi connectivity index (χ1) is 11.3. The number of carbonyl (C=O) groups is 1. The zero-order valence-electron chi connectivity index (χ0n) is 13.7. The van der Waals surface area contributed by atoms with Gasteiger partial charge in [-0.2, -0.15) is 11.8 Å². The van der Waals surface area contributed by atoms with Crippen LogP contribution in [0.4, 0.5) is 0 Å². The van der Waals surface area contributed by atoms with Crippen LogP contribution in [0.3, 0.4) is 0 Å². The normalized spacial score (nSPS) is 16.7. The standard InChI is InChI=1S/C18H25N3OS/c1-23-11-10-16(19-17(22)12-13-6-2-3-7-13)18-20-14-8-4-5-9-15(14)21-18/h4-5,8-9,13,16H,2-3,6-7,10-12H2,1H3,(H,19,22)(H,20,21). The number of H-pyrrole nitrogens is 1. The Morgan fingerprint density at radius 2 is 2.17 bits per heavy atom. The summed E-state index contributed by atoms with van der Waals surface area (Å²) in [6.07, 6.45) is 8.61. The number of amides is 1. The highest BCUT2D eigenvalue weighted by Gasteiger charge is 2.22. The van der Waals surface area contributed by atoms with E-state index in [0.29, 0.717) is 12.3 Å². The van der Waals surface area contributed by atoms with Gasteiger partial charge >= 0.3 is 0 Å². The molecule has 1 saturated carbocycles. The molecule has 2 aromatic rings. The van der Waals surface area contributed by atoms with Crippen LogP contribution in [0, 0.1) is 5.92 Å². The molecule has 1 heterocycles. The fraction of sp³-hybridized carbons (Fsp3) is 0.556. The maximum Gasteiger partial charge on any atom is 0.220 e. The third-order valence-corrected chi connectivity index (χ3v) is 5.28. The first-order valence-electron chi connectivity index (χ1n) is 8.49. The monoisotopic (exact) mass is 331 g/mol. The van der Waals surface area contributed by atoms with Crippen molar-refractivity contribution in [2.75, 3.05) is 12.0 Å². The number of rotatable bonds is 7. The van der Waals surface area contributed by atoms with Crippen molar-refractivity contribution in [3.63, 3.8) is 0 Å². The molecule has 1 amide bonds. The van der Waals surface area contributed by atoms with E-state index in [4.69, 9.17) is 0 Å². The van der Waals surface area contributed by atoms with E-state index in [1.54, 1.807) is 11.8 Å². The second-order valence-electron chi connectivity index (χ2n) is 6.40. The maximum absolute atomic E-state index is 12.4. The van der Waals surface area contributed by atoms with E-state index in [9.17, 15) is 4.79 Å². The highest BCUT2D eigenvalue weighted by molar-refractivity contribution is 7.98. The molecule has 0 aliphatic heterocycles. The number of nitrogens with one attached hydrogen (secondary N) is 2. The van der Waals surface area contributed by atoms with Gasteiger partial charge in [-0.25, -0.2) is 4.98 Å². The summed E-state index contributed by atoms with van der Waals surface area (Å²) in [5.41, 5.74) is 1.99. The number of para-hydroxylation sites is 2. The molecule has 4 nitrogen and oxygen atoms in total. The first-order valence-corrected chi connectivity index (χ1v) is 9.88. The topological polar surface area (TPSA) is 57.8 Å². The van der Waals surface area contributed by atoms with E-state index in [2.05, 4.69) is 21.5 Å². The lowest BCUT2D eigenvalue weighted by molar-refractivity contribution is -0.122. The first kappa shape index (κ1) is 16.4. The molecule has 1 fully saturated rings. The van der Waals surface area contributed by atoms with Gasteiger partial charge in [-0.1, -0.05) is 25.0 Å². The van der Waals surface area contributed by atoms with Crippen molar-refractivity contribution in [2.45, 2.75) is 44.6 Å². The molecule has 1 aliphatic rings. The van der Waals surface area contributed by atoms with Crippen LogP contribution in [0.1, 0.15) is 50.4 Å². The van der Waals surface area contributed by atoms with Crippen LogP contribution < -0.4 is 5.32 Å². The zero-order valence-corrected chi connectivity index (χ0v) is 14.5. The van der Waals surface area contributed by atoms with Gasteiger partial charge < -0.3 is 10.3 Å². The van der Waals surface area contributed by atoms with E-state index < -0.39 is 0 Å². The van der Waals surface area contributed by atoms with Crippen molar-refractivity contribution in [3.05, 3.63) is 30.1 Å². The van der Waals surface area contributed by atoms with Crippen LogP contribution in [-0.2, 0) is 4.79 Å². The smallest absolute Gasteiger partial charge is 0.220 e. The number of hydrogen-bond donors (Lipinski definition) is 2. The highest BCUT2D eigenvalue weighted by Crippen LogP contribution is 2.28. The SMILES string of the molecule is CSCCC(NC(=O)CC1CCCC1)c1nc2ccccc2[nH]1. The van der Waals surface area contributed by atoms with Crippen LogP contribution >= 0.6 is 11.8 Å². The summed E-state index contributed by atoms with van der Waals surface area (Å²) in [5, 5.41) is 3.21. The number of carbonyl (C=O) groups excluding carboxylic acids is 1. The Morgan fingerprint density at radius 1 is 1.39 bits per heavy atom. The van der Waals surface area contributed by atoms with Gasteiger partial charge in [-0.3, -0.25) is 4.79 Å². The average molecular weight is 331 g/mol. The molecule has 1 aliphatic carbocycles. The minimum absolute atomic E-state index is 0.0243. The second kappa shape index (κ2) is 7.86. The number of aromatic nitrogens is 2. The van der Waals surface area contributed by atoms with Crippen molar-refractivity contribution in [2.24, 2.45) is 5.92 Å². The Bertz CT molecular complexity index is 616. The summed E-state index contributed by atoms with van der Waals surface area (Å²) in [7, 11) is 0. The molecule has 0 spiro atoms. The molecular weight excluding hydrogens is 306 g/mol. The highest BCUT2D eigenvalue weighted by atomic mass is 32.2. The third-order valence-electron chi connectivity index (χ3n) is 4.63. The van der Waals surface area contributed by atoms with Crippen molar-refractivity contribution < 1.29 is 4.79 Å². The van der Waals surface area contributed by atoms with Crippen LogP contribution in [0.2, 0.25) is 0 Å². The van der Waals surface area contributed by atoms with Crippen LogP contribution in [-0.4, -0.2) is 27.9 Å². The van der Waals surface area contributed by atoms with Gasteiger partial charge in [0.25, 0.3) is 0 Å². The minimum atomic E-state index is -0.0243. The van der Waals surface area contributed by atoms with E-state index in [1.165, 1.54) is 25.7 Å². The number of fused-ring (bicyclic) bond motifs is 1. The number of nitrogens with zero attached hydrogens (tertiary/aromatic N) is 1. The van der Waals surface area contributed by atoms with Gasteiger partial charge in [0.05, 0.1) is 17.1 Å². The molecule has 23 heavy (non-hydrogen) atoms. The van der Waals surface area contributed by atoms with Gasteiger partial charge in [0.2, 0.25) is 5.91 Å². The van der Waals surface area contributed by atoms with Crippen molar-refractivity contribution in [1.82, 2.24) is 15.3 Å². The Labute approximate surface area is 141 Å². The summed E-state index contributed by atoms with van der Waals surface area (Å²) in [6.45, 7) is 0. The minimum Gasteiger partial charge on any atom is -0.346 e. The molecule has 3 rings (SSSR count). The summed E-state index contributed by atoms with van der Waals surface area (Å²) in [5.74, 6) is 2.63. The predicted molar refractivity (Wildman–Crippen MR) is 96.6 cm³/mol. The van der Waals surface area contributed by atoms with Crippen molar-refractivity contribution in [3.8, 4) is 0 Å². The van der Waals surface area contributed by atoms with Crippen LogP contribution in [0.25, 0.3) is 11.0 Å². The molecule has 1 atom stereocenters. The largest absolute Gasteiger partial charge is 0.346 e. The molecule has 0 saturated heterocycles. The number of imidazole rings is 1. The van der Waals surface area contributed by atoms with Crippen LogP contribution in [0.15, 0.2) is 24.3 Å². The zero-order chi connectivity index (χ0) is 16.1. The Kier molecular flexibility index (Phi) is 5.60. The van der Waals surface area contributed by atoms with Gasteiger partial charge in [0, 0.05) is 6.42 Å². The van der Waals surface area contributed by atoms with E-state index >= 15 is 0 Å². The molecule has 1 aromatic heterocycles. The van der Waals surface area contributed by atoms with Gasteiger partial charge in [0.1, 0.15) is 5.82 Å². The van der Waals surface area contributed by atoms with E-state index in [1.807, 2.05) is 24.3 Å². The third kappa shape index (κ3) is 4.28. The maximum atomic E-state index is 12.4. The quantitative estimate of drug-likeness (QED) is 0.804. The van der Waals surface area contributed by atoms with Crippen LogP contribution in [0.5, 0.6) is 0 Å². The summed E-state index contributed by atoms with van der Waals surface area (Å²) < 4.78 is 0. The number of aromatic amines is 1. The number of benzene rings is 1. The fourth-order valence-corrected chi connectivity index (χ4v) is 3.85. The molecule has 0 radical (unpaired) electrons. The molecule has 0 bridgehead atoms. The summed E-state index contributed by atoms with van der Waals surface area (Å²) in [6, 6.07) is 7.99. The van der Waals surface area contributed by atoms with E-state index in [0.717, 1.165) is 29.0 Å². The summed E-state index contributed by atoms with van der Waals surface area (Å²) in [4.78, 5) is 20.4. The predicted octanol–water partition coefficient (Wildman–Crippen LogP) is 4.05. The molecular formula is C18H25N3OS. The lowest BCUT2D eigenvalue weighted by atomic mass is 10.0. The Balaban J connectivity index is 1.69. The lowest BCUT2D eigenvalue weighted by Gasteiger charge is -2.17. The fourth-order valence-electron chi connectivity index (χ4n) is 3.38. The molecule has 124 valence electrons. The Hall–Kier alpha value is -1.49. The van der Waals surface area contributed by atoms with Gasteiger partial charge in [-0.05, 0) is 49.3 Å². The molecule has 5 heteroatoms. The van der Waals surface area contributed by atoms with Gasteiger partial charge in [0.15, 0.2) is 0 Å². The van der Waals surface area contributed by atoms with Crippen molar-refractivity contribution >= 4 is 28.7 Å². The molecule has 1 unspecified atom stereocenters. The van der Waals surface area contributed by atoms with E-state index in [-0.39, 0.29) is 11.9 Å². The van der Waals surface area contributed by atoms with Crippen molar-refractivity contribution in [1.29, 1.82) is 0 Å². The summed E-state index contributed by atoms with van der Waals surface area (Å²) >= 11 is 1.80. The van der Waals surface area contributed by atoms with Gasteiger partial charge in [-0.15, -0.1) is 0 Å². The molecule has 2 N–H and O–H groups in total. The average Bonchev–Trinajstić information content (AvgIpc) is 3.20. The Morgan fingerprint density at radius 3 is 2.91 bits per heavy atom. The molecule has 1 aromatic carbocycles. The second-order valence-corrected chi connectivity index (χ2v) is 7.38. The number of thioether (sulfide) groups is 1.